The molecule has 1 saturated heterocycles. The first-order valence-corrected chi connectivity index (χ1v) is 12.2. The van der Waals surface area contributed by atoms with Crippen LogP contribution in [-0.2, 0) is 10.0 Å². The third kappa shape index (κ3) is 3.16. The summed E-state index contributed by atoms with van der Waals surface area (Å²) in [5, 5.41) is 20.6. The highest BCUT2D eigenvalue weighted by Crippen LogP contribution is 2.38. The predicted octanol–water partition coefficient (Wildman–Crippen LogP) is 3.79. The maximum absolute atomic E-state index is 12.8. The van der Waals surface area contributed by atoms with Crippen molar-refractivity contribution in [1.82, 2.24) is 18.9 Å². The SMILES string of the molecule is O=[N+]([O-])c1cc(S(=O)(=O)N2CCCC2)ccc1Sc1nnc2sc3ccccc3n12. The second-order valence-corrected chi connectivity index (χ2v) is 10.7. The van der Waals surface area contributed by atoms with Crippen LogP contribution in [0.5, 0.6) is 0 Å². The molecule has 12 heteroatoms. The summed E-state index contributed by atoms with van der Waals surface area (Å²) in [5.41, 5.74) is 0.650. The van der Waals surface area contributed by atoms with Crippen molar-refractivity contribution in [3.8, 4) is 0 Å². The van der Waals surface area contributed by atoms with Crippen molar-refractivity contribution in [2.75, 3.05) is 13.1 Å². The molecule has 1 aliphatic rings. The van der Waals surface area contributed by atoms with E-state index in [4.69, 9.17) is 0 Å². The number of benzene rings is 2. The van der Waals surface area contributed by atoms with Crippen molar-refractivity contribution >= 4 is 54.0 Å². The Morgan fingerprint density at radius 1 is 1.10 bits per heavy atom. The Bertz CT molecular complexity index is 1390. The van der Waals surface area contributed by atoms with Crippen LogP contribution in [0.2, 0.25) is 0 Å². The summed E-state index contributed by atoms with van der Waals surface area (Å²) in [6.07, 6.45) is 1.60. The zero-order chi connectivity index (χ0) is 20.9. The highest BCUT2D eigenvalue weighted by Gasteiger charge is 2.30. The largest absolute Gasteiger partial charge is 0.284 e. The number of fused-ring (bicyclic) bond motifs is 3. The Labute approximate surface area is 179 Å². The lowest BCUT2D eigenvalue weighted by Gasteiger charge is -2.15. The van der Waals surface area contributed by atoms with Crippen LogP contribution in [0, 0.1) is 10.1 Å². The molecule has 9 nitrogen and oxygen atoms in total. The van der Waals surface area contributed by atoms with Crippen LogP contribution in [0.4, 0.5) is 5.69 Å². The normalized spacial score (nSPS) is 15.3. The highest BCUT2D eigenvalue weighted by molar-refractivity contribution is 7.99. The summed E-state index contributed by atoms with van der Waals surface area (Å²) in [7, 11) is -3.74. The van der Waals surface area contributed by atoms with E-state index in [0.29, 0.717) is 28.1 Å². The molecule has 0 spiro atoms. The third-order valence-electron chi connectivity index (χ3n) is 4.94. The number of hydrogen-bond donors (Lipinski definition) is 0. The maximum atomic E-state index is 12.8. The second-order valence-electron chi connectivity index (χ2n) is 6.77. The fourth-order valence-corrected chi connectivity index (χ4v) is 6.97. The Balaban J connectivity index is 1.57. The average Bonchev–Trinajstić information content (AvgIpc) is 3.46. The first-order valence-electron chi connectivity index (χ1n) is 9.14. The predicted molar refractivity (Wildman–Crippen MR) is 114 cm³/mol. The van der Waals surface area contributed by atoms with Gasteiger partial charge in [-0.1, -0.05) is 23.5 Å². The van der Waals surface area contributed by atoms with E-state index in [2.05, 4.69) is 10.2 Å². The van der Waals surface area contributed by atoms with Crippen LogP contribution in [0.3, 0.4) is 0 Å². The minimum absolute atomic E-state index is 0.0622. The van der Waals surface area contributed by atoms with Gasteiger partial charge < -0.3 is 0 Å². The molecule has 4 aromatic rings. The molecule has 0 amide bonds. The van der Waals surface area contributed by atoms with E-state index in [0.717, 1.165) is 40.9 Å². The summed E-state index contributed by atoms with van der Waals surface area (Å²) >= 11 is 2.58. The number of aromatic nitrogens is 3. The standard InChI is InChI=1S/C18H15N5O4S3/c24-23(25)14-11-12(30(26,27)21-9-3-4-10-21)7-8-16(14)29-18-20-19-17-22(18)13-5-1-2-6-15(13)28-17/h1-2,5-8,11H,3-4,9-10H2. The van der Waals surface area contributed by atoms with Crippen LogP contribution in [0.1, 0.15) is 12.8 Å². The number of nitrogens with zero attached hydrogens (tertiary/aromatic N) is 5. The van der Waals surface area contributed by atoms with Crippen molar-refractivity contribution in [3.05, 3.63) is 52.6 Å². The Kier molecular flexibility index (Phi) is 4.73. The van der Waals surface area contributed by atoms with Crippen molar-refractivity contribution < 1.29 is 13.3 Å². The number of hydrogen-bond acceptors (Lipinski definition) is 8. The van der Waals surface area contributed by atoms with Crippen LogP contribution in [0.15, 0.2) is 57.4 Å². The van der Waals surface area contributed by atoms with E-state index in [1.807, 2.05) is 28.7 Å². The average molecular weight is 462 g/mol. The van der Waals surface area contributed by atoms with E-state index in [-0.39, 0.29) is 10.6 Å². The Morgan fingerprint density at radius 2 is 1.87 bits per heavy atom. The van der Waals surface area contributed by atoms with E-state index in [9.17, 15) is 18.5 Å². The lowest BCUT2D eigenvalue weighted by atomic mass is 10.3. The van der Waals surface area contributed by atoms with E-state index < -0.39 is 14.9 Å². The molecule has 3 heterocycles. The van der Waals surface area contributed by atoms with Gasteiger partial charge in [0.25, 0.3) is 5.69 Å². The van der Waals surface area contributed by atoms with Crippen LogP contribution < -0.4 is 0 Å². The number of rotatable bonds is 5. The number of nitro benzene ring substituents is 1. The molecule has 154 valence electrons. The zero-order valence-electron chi connectivity index (χ0n) is 15.5. The van der Waals surface area contributed by atoms with E-state index in [1.54, 1.807) is 0 Å². The van der Waals surface area contributed by atoms with Gasteiger partial charge in [0, 0.05) is 19.2 Å². The van der Waals surface area contributed by atoms with Crippen molar-refractivity contribution in [1.29, 1.82) is 0 Å². The van der Waals surface area contributed by atoms with Crippen LogP contribution in [0.25, 0.3) is 15.2 Å². The molecule has 1 aliphatic heterocycles. The number of nitro groups is 1. The number of para-hydroxylation sites is 1. The maximum Gasteiger partial charge on any atom is 0.284 e. The topological polar surface area (TPSA) is 111 Å². The monoisotopic (exact) mass is 461 g/mol. The minimum atomic E-state index is -3.74. The lowest BCUT2D eigenvalue weighted by Crippen LogP contribution is -2.27. The van der Waals surface area contributed by atoms with Crippen LogP contribution >= 0.6 is 23.1 Å². The van der Waals surface area contributed by atoms with Crippen molar-refractivity contribution in [2.45, 2.75) is 27.8 Å². The molecule has 0 radical (unpaired) electrons. The van der Waals surface area contributed by atoms with Gasteiger partial charge in [-0.2, -0.15) is 4.31 Å². The highest BCUT2D eigenvalue weighted by atomic mass is 32.2. The molecule has 2 aromatic carbocycles. The molecule has 2 aromatic heterocycles. The fraction of sp³-hybridized carbons (Fsp3) is 0.222. The summed E-state index contributed by atoms with van der Waals surface area (Å²) in [4.78, 5) is 12.1. The number of thiazole rings is 1. The zero-order valence-corrected chi connectivity index (χ0v) is 17.9. The van der Waals surface area contributed by atoms with Gasteiger partial charge in [-0.15, -0.1) is 10.2 Å². The third-order valence-corrected chi connectivity index (χ3v) is 8.86. The summed E-state index contributed by atoms with van der Waals surface area (Å²) < 4.78 is 29.8. The van der Waals surface area contributed by atoms with Crippen molar-refractivity contribution in [3.63, 3.8) is 0 Å². The van der Waals surface area contributed by atoms with Gasteiger partial charge in [0.15, 0.2) is 0 Å². The van der Waals surface area contributed by atoms with Crippen LogP contribution in [-0.4, -0.2) is 45.3 Å². The molecule has 1 fully saturated rings. The first kappa shape index (κ1) is 19.4. The van der Waals surface area contributed by atoms with Gasteiger partial charge >= 0.3 is 0 Å². The first-order chi connectivity index (χ1) is 14.4. The molecule has 0 atom stereocenters. The van der Waals surface area contributed by atoms with Gasteiger partial charge in [-0.3, -0.25) is 14.5 Å². The summed E-state index contributed by atoms with van der Waals surface area (Å²) in [6, 6.07) is 11.8. The molecule has 0 bridgehead atoms. The van der Waals surface area contributed by atoms with Gasteiger partial charge in [0.1, 0.15) is 0 Å². The Morgan fingerprint density at radius 3 is 2.63 bits per heavy atom. The molecular weight excluding hydrogens is 446 g/mol. The summed E-state index contributed by atoms with van der Waals surface area (Å²) in [6.45, 7) is 0.880. The molecule has 0 unspecified atom stereocenters. The molecule has 0 saturated carbocycles. The van der Waals surface area contributed by atoms with E-state index in [1.165, 1.54) is 27.8 Å². The van der Waals surface area contributed by atoms with E-state index >= 15 is 0 Å². The summed E-state index contributed by atoms with van der Waals surface area (Å²) in [5.74, 6) is 0. The van der Waals surface area contributed by atoms with Gasteiger partial charge in [-0.25, -0.2) is 8.42 Å². The molecule has 5 rings (SSSR count). The molecular formula is C18H15N5O4S3. The molecule has 30 heavy (non-hydrogen) atoms. The Hall–Kier alpha value is -2.54. The van der Waals surface area contributed by atoms with Crippen molar-refractivity contribution in [2.24, 2.45) is 0 Å². The second kappa shape index (κ2) is 7.30. The fourth-order valence-electron chi connectivity index (χ4n) is 3.48. The quantitative estimate of drug-likeness (QED) is 0.328. The van der Waals surface area contributed by atoms with Gasteiger partial charge in [-0.05, 0) is 48.9 Å². The van der Waals surface area contributed by atoms with Gasteiger partial charge in [0.2, 0.25) is 20.1 Å². The number of sulfonamides is 1. The lowest BCUT2D eigenvalue weighted by molar-refractivity contribution is -0.388. The molecule has 0 aliphatic carbocycles. The molecule has 0 N–H and O–H groups in total. The van der Waals surface area contributed by atoms with Gasteiger partial charge in [0.05, 0.1) is 24.9 Å². The smallest absolute Gasteiger partial charge is 0.260 e. The minimum Gasteiger partial charge on any atom is -0.260 e.